The molecule has 0 spiro atoms. The van der Waals surface area contributed by atoms with E-state index in [1.807, 2.05) is 32.0 Å². The molecule has 0 amide bonds. The fourth-order valence-corrected chi connectivity index (χ4v) is 6.80. The van der Waals surface area contributed by atoms with E-state index < -0.39 is 21.9 Å². The number of sulfonamides is 1. The third-order valence-electron chi connectivity index (χ3n) is 6.34. The average Bonchev–Trinajstić information content (AvgIpc) is 3.29. The highest BCUT2D eigenvalue weighted by atomic mass is 32.2. The summed E-state index contributed by atoms with van der Waals surface area (Å²) in [6.45, 7) is 5.62. The number of pyridine rings is 1. The number of fused-ring (bicyclic) bond motifs is 1. The molecule has 0 saturated carbocycles. The minimum atomic E-state index is -3.87. The molecule has 8 nitrogen and oxygen atoms in total. The first-order valence-corrected chi connectivity index (χ1v) is 13.9. The number of hydrogen-bond acceptors (Lipinski definition) is 7. The summed E-state index contributed by atoms with van der Waals surface area (Å²) in [6, 6.07) is 10.7. The summed E-state index contributed by atoms with van der Waals surface area (Å²) < 4.78 is 34.5. The number of carbonyl (C=O) groups is 2. The van der Waals surface area contributed by atoms with Crippen LogP contribution >= 0.6 is 11.3 Å². The van der Waals surface area contributed by atoms with Gasteiger partial charge in [-0.2, -0.15) is 4.31 Å². The molecule has 0 fully saturated rings. The van der Waals surface area contributed by atoms with Crippen molar-refractivity contribution < 1.29 is 27.9 Å². The van der Waals surface area contributed by atoms with Crippen molar-refractivity contribution in [3.8, 4) is 5.75 Å². The summed E-state index contributed by atoms with van der Waals surface area (Å²) in [7, 11) is -3.87. The van der Waals surface area contributed by atoms with Gasteiger partial charge < -0.3 is 9.84 Å². The second-order valence-corrected chi connectivity index (χ2v) is 11.9. The molecule has 190 valence electrons. The maximum absolute atomic E-state index is 13.6. The monoisotopic (exact) mass is 528 g/mol. The van der Waals surface area contributed by atoms with Crippen molar-refractivity contribution in [3.63, 3.8) is 0 Å². The van der Waals surface area contributed by atoms with Crippen LogP contribution in [0, 0.1) is 6.92 Å². The van der Waals surface area contributed by atoms with Crippen LogP contribution in [0.3, 0.4) is 0 Å². The largest absolute Gasteiger partial charge is 0.488 e. The molecular formula is C26H28N2O6S2. The Hall–Kier alpha value is -3.08. The van der Waals surface area contributed by atoms with E-state index in [0.717, 1.165) is 21.6 Å². The normalized spacial score (nSPS) is 18.0. The van der Waals surface area contributed by atoms with Crippen molar-refractivity contribution in [1.82, 2.24) is 9.29 Å². The number of benzene rings is 1. The number of Topliss-reactive ketones (excluding diaryl/α,β-unsaturated/α-hetero) is 1. The molecule has 1 aromatic carbocycles. The number of aliphatic carboxylic acids is 1. The molecule has 3 aromatic rings. The van der Waals surface area contributed by atoms with Crippen LogP contribution in [-0.4, -0.2) is 47.2 Å². The van der Waals surface area contributed by atoms with E-state index in [9.17, 15) is 23.1 Å². The lowest BCUT2D eigenvalue weighted by Gasteiger charge is -2.24. The zero-order valence-corrected chi connectivity index (χ0v) is 21.9. The highest BCUT2D eigenvalue weighted by molar-refractivity contribution is 7.89. The number of ether oxygens (including phenoxy) is 1. The van der Waals surface area contributed by atoms with Crippen molar-refractivity contribution in [2.24, 2.45) is 0 Å². The zero-order chi connectivity index (χ0) is 26.0. The van der Waals surface area contributed by atoms with E-state index in [1.54, 1.807) is 18.2 Å². The third-order valence-corrected chi connectivity index (χ3v) is 9.46. The van der Waals surface area contributed by atoms with Crippen molar-refractivity contribution >= 4 is 33.1 Å². The van der Waals surface area contributed by atoms with Gasteiger partial charge in [-0.1, -0.05) is 25.1 Å². The van der Waals surface area contributed by atoms with Gasteiger partial charge >= 0.3 is 5.97 Å². The fourth-order valence-electron chi connectivity index (χ4n) is 4.26. The molecule has 10 heteroatoms. The van der Waals surface area contributed by atoms with Crippen LogP contribution in [0.5, 0.6) is 5.75 Å². The lowest BCUT2D eigenvalue weighted by molar-refractivity contribution is -0.137. The minimum Gasteiger partial charge on any atom is -0.488 e. The Labute approximate surface area is 214 Å². The Kier molecular flexibility index (Phi) is 7.58. The third kappa shape index (κ3) is 5.35. The first-order valence-electron chi connectivity index (χ1n) is 11.6. The SMILES string of the molecule is CCC1CN(Cc2cc(C(CC(=O)O)c3ccc(C(C)=O)s3)ccc2C)S(=O)(=O)c2cnccc2O1. The van der Waals surface area contributed by atoms with Crippen LogP contribution in [0.15, 0.2) is 53.7 Å². The molecule has 2 aromatic heterocycles. The van der Waals surface area contributed by atoms with E-state index in [2.05, 4.69) is 4.98 Å². The van der Waals surface area contributed by atoms with Gasteiger partial charge in [0.25, 0.3) is 0 Å². The van der Waals surface area contributed by atoms with Crippen molar-refractivity contribution in [2.75, 3.05) is 6.54 Å². The van der Waals surface area contributed by atoms with Crippen LogP contribution in [-0.2, 0) is 21.4 Å². The van der Waals surface area contributed by atoms with Gasteiger partial charge in [-0.25, -0.2) is 8.42 Å². The van der Waals surface area contributed by atoms with Gasteiger partial charge in [0.15, 0.2) is 5.78 Å². The summed E-state index contributed by atoms with van der Waals surface area (Å²) in [5.41, 5.74) is 2.42. The smallest absolute Gasteiger partial charge is 0.304 e. The van der Waals surface area contributed by atoms with Crippen LogP contribution in [0.25, 0.3) is 0 Å². The number of carbonyl (C=O) groups excluding carboxylic acids is 1. The van der Waals surface area contributed by atoms with E-state index in [4.69, 9.17) is 4.74 Å². The molecular weight excluding hydrogens is 500 g/mol. The molecule has 1 N–H and O–H groups in total. The van der Waals surface area contributed by atoms with E-state index in [0.29, 0.717) is 17.0 Å². The maximum atomic E-state index is 13.6. The van der Waals surface area contributed by atoms with Gasteiger partial charge in [0.2, 0.25) is 10.0 Å². The lowest BCUT2D eigenvalue weighted by Crippen LogP contribution is -2.36. The predicted octanol–water partition coefficient (Wildman–Crippen LogP) is 4.62. The lowest BCUT2D eigenvalue weighted by atomic mass is 9.91. The number of rotatable bonds is 8. The number of aromatic nitrogens is 1. The van der Waals surface area contributed by atoms with Crippen molar-refractivity contribution in [1.29, 1.82) is 0 Å². The number of ketones is 1. The first kappa shape index (κ1) is 26.0. The van der Waals surface area contributed by atoms with E-state index in [1.165, 1.54) is 35.0 Å². The molecule has 1 aliphatic rings. The van der Waals surface area contributed by atoms with Gasteiger partial charge in [0.1, 0.15) is 16.7 Å². The molecule has 3 heterocycles. The summed E-state index contributed by atoms with van der Waals surface area (Å²) in [5, 5.41) is 9.59. The molecule has 1 aliphatic heterocycles. The standard InChI is InChI=1S/C26H28N2O6S2/c1-4-20-15-28(36(32,33)25-13-27-10-9-22(25)34-20)14-19-11-18(6-5-16(19)2)21(12-26(30)31)24-8-7-23(35-24)17(3)29/h5-11,13,20-21H,4,12,14-15H2,1-3H3,(H,30,31). The Bertz CT molecular complexity index is 1400. The number of nitrogens with zero attached hydrogens (tertiary/aromatic N) is 2. The van der Waals surface area contributed by atoms with Crippen LogP contribution in [0.2, 0.25) is 0 Å². The van der Waals surface area contributed by atoms with Crippen LogP contribution in [0.1, 0.15) is 63.8 Å². The van der Waals surface area contributed by atoms with E-state index >= 15 is 0 Å². The van der Waals surface area contributed by atoms with Gasteiger partial charge in [0.05, 0.1) is 24.0 Å². The first-order chi connectivity index (χ1) is 17.1. The second kappa shape index (κ2) is 10.5. The average molecular weight is 529 g/mol. The number of carboxylic acid groups (broad SMARTS) is 1. The minimum absolute atomic E-state index is 0.0360. The van der Waals surface area contributed by atoms with Crippen molar-refractivity contribution in [2.45, 2.75) is 57.1 Å². The van der Waals surface area contributed by atoms with Gasteiger partial charge in [-0.15, -0.1) is 11.3 Å². The molecule has 0 saturated heterocycles. The maximum Gasteiger partial charge on any atom is 0.304 e. The Morgan fingerprint density at radius 2 is 2.03 bits per heavy atom. The summed E-state index contributed by atoms with van der Waals surface area (Å²) in [5.74, 6) is -1.19. The summed E-state index contributed by atoms with van der Waals surface area (Å²) in [4.78, 5) is 28.9. The highest BCUT2D eigenvalue weighted by Crippen LogP contribution is 2.36. The molecule has 2 atom stereocenters. The van der Waals surface area contributed by atoms with Crippen molar-refractivity contribution in [3.05, 3.63) is 75.2 Å². The molecule has 4 rings (SSSR count). The Balaban J connectivity index is 1.72. The Morgan fingerprint density at radius 1 is 1.25 bits per heavy atom. The quantitative estimate of drug-likeness (QED) is 0.424. The summed E-state index contributed by atoms with van der Waals surface area (Å²) in [6.07, 6.45) is 2.99. The molecule has 2 unspecified atom stereocenters. The van der Waals surface area contributed by atoms with Gasteiger partial charge in [-0.3, -0.25) is 14.6 Å². The molecule has 0 radical (unpaired) electrons. The second-order valence-electron chi connectivity index (χ2n) is 8.86. The Morgan fingerprint density at radius 3 is 2.69 bits per heavy atom. The van der Waals surface area contributed by atoms with Crippen LogP contribution in [0.4, 0.5) is 0 Å². The number of aryl methyl sites for hydroxylation is 1. The molecule has 0 aliphatic carbocycles. The molecule has 0 bridgehead atoms. The number of hydrogen-bond donors (Lipinski definition) is 1. The highest BCUT2D eigenvalue weighted by Gasteiger charge is 2.35. The zero-order valence-electron chi connectivity index (χ0n) is 20.3. The van der Waals surface area contributed by atoms with Crippen LogP contribution < -0.4 is 4.74 Å². The van der Waals surface area contributed by atoms with E-state index in [-0.39, 0.29) is 36.3 Å². The fraction of sp³-hybridized carbons (Fsp3) is 0.346. The summed E-state index contributed by atoms with van der Waals surface area (Å²) >= 11 is 1.29. The topological polar surface area (TPSA) is 114 Å². The number of carboxylic acids is 1. The number of thiophene rings is 1. The van der Waals surface area contributed by atoms with Gasteiger partial charge in [-0.05, 0) is 55.2 Å². The predicted molar refractivity (Wildman–Crippen MR) is 136 cm³/mol. The van der Waals surface area contributed by atoms with Gasteiger partial charge in [0, 0.05) is 23.5 Å². The molecule has 36 heavy (non-hydrogen) atoms.